The highest BCUT2D eigenvalue weighted by Crippen LogP contribution is 2.28. The van der Waals surface area contributed by atoms with Crippen LogP contribution in [0.1, 0.15) is 56.7 Å². The van der Waals surface area contributed by atoms with Gasteiger partial charge in [0.2, 0.25) is 5.91 Å². The second kappa shape index (κ2) is 10.5. The maximum atomic E-state index is 12.3. The number of hydrogen-bond donors (Lipinski definition) is 2. The van der Waals surface area contributed by atoms with Crippen LogP contribution in [0.15, 0.2) is 5.38 Å². The third-order valence-corrected chi connectivity index (χ3v) is 5.68. The van der Waals surface area contributed by atoms with Crippen molar-refractivity contribution in [2.45, 2.75) is 58.4 Å². The molecule has 4 nitrogen and oxygen atoms in total. The Labute approximate surface area is 156 Å². The number of carbonyl (C=O) groups is 1. The lowest BCUT2D eigenvalue weighted by Gasteiger charge is -2.28. The van der Waals surface area contributed by atoms with E-state index in [0.29, 0.717) is 12.3 Å². The predicted molar refractivity (Wildman–Crippen MR) is 102 cm³/mol. The first-order valence-corrected chi connectivity index (χ1v) is 8.86. The molecule has 0 aromatic carbocycles. The maximum absolute atomic E-state index is 12.3. The monoisotopic (exact) mass is 381 g/mol. The molecule has 0 spiro atoms. The number of hydrogen-bond acceptors (Lipinski definition) is 4. The summed E-state index contributed by atoms with van der Waals surface area (Å²) < 4.78 is 0. The van der Waals surface area contributed by atoms with Crippen molar-refractivity contribution in [3.63, 3.8) is 0 Å². The third kappa shape index (κ3) is 6.57. The second-order valence-corrected chi connectivity index (χ2v) is 7.12. The molecule has 0 bridgehead atoms. The predicted octanol–water partition coefficient (Wildman–Crippen LogP) is 3.82. The van der Waals surface area contributed by atoms with Gasteiger partial charge in [0.15, 0.2) is 0 Å². The molecule has 2 heterocycles. The van der Waals surface area contributed by atoms with Crippen molar-refractivity contribution in [1.82, 2.24) is 15.6 Å². The van der Waals surface area contributed by atoms with E-state index in [0.717, 1.165) is 36.6 Å². The summed E-state index contributed by atoms with van der Waals surface area (Å²) in [5.74, 6) is 0.859. The number of thiazole rings is 1. The van der Waals surface area contributed by atoms with E-state index in [1.807, 2.05) is 12.3 Å². The van der Waals surface area contributed by atoms with Crippen molar-refractivity contribution in [3.8, 4) is 0 Å². The van der Waals surface area contributed by atoms with Crippen LogP contribution in [0.3, 0.4) is 0 Å². The SMILES string of the molecule is CCC(C)(NC(=O)CCC1CCNCC1)c1nc(C)cs1.Cl.Cl. The number of nitrogens with zero attached hydrogens (tertiary/aromatic N) is 1. The first kappa shape index (κ1) is 22.6. The van der Waals surface area contributed by atoms with E-state index in [2.05, 4.69) is 29.5 Å². The second-order valence-electron chi connectivity index (χ2n) is 6.26. The minimum absolute atomic E-state index is 0. The summed E-state index contributed by atoms with van der Waals surface area (Å²) in [6.45, 7) is 8.36. The van der Waals surface area contributed by atoms with Gasteiger partial charge in [-0.25, -0.2) is 4.98 Å². The Balaban J connectivity index is 0.00000242. The van der Waals surface area contributed by atoms with Gasteiger partial charge in [0.1, 0.15) is 5.01 Å². The quantitative estimate of drug-likeness (QED) is 0.787. The Morgan fingerprint density at radius 3 is 2.61 bits per heavy atom. The van der Waals surface area contributed by atoms with Crippen LogP contribution in [0, 0.1) is 12.8 Å². The minimum atomic E-state index is -0.329. The molecule has 7 heteroatoms. The summed E-state index contributed by atoms with van der Waals surface area (Å²) in [5, 5.41) is 9.63. The summed E-state index contributed by atoms with van der Waals surface area (Å²) in [6, 6.07) is 0. The van der Waals surface area contributed by atoms with Gasteiger partial charge in [-0.1, -0.05) is 6.92 Å². The molecule has 2 rings (SSSR count). The molecule has 1 saturated heterocycles. The van der Waals surface area contributed by atoms with Crippen molar-refractivity contribution < 1.29 is 4.79 Å². The molecule has 1 amide bonds. The molecular weight excluding hydrogens is 353 g/mol. The summed E-state index contributed by atoms with van der Waals surface area (Å²) in [6.07, 6.45) is 4.89. The maximum Gasteiger partial charge on any atom is 0.220 e. The van der Waals surface area contributed by atoms with E-state index in [1.165, 1.54) is 12.8 Å². The topological polar surface area (TPSA) is 54.0 Å². The molecule has 0 saturated carbocycles. The van der Waals surface area contributed by atoms with Gasteiger partial charge < -0.3 is 10.6 Å². The average molecular weight is 382 g/mol. The molecule has 1 aliphatic heterocycles. The fraction of sp³-hybridized carbons (Fsp3) is 0.750. The Kier molecular flexibility index (Phi) is 10.3. The van der Waals surface area contributed by atoms with Crippen molar-refractivity contribution in [2.75, 3.05) is 13.1 Å². The van der Waals surface area contributed by atoms with Gasteiger partial charge in [-0.3, -0.25) is 4.79 Å². The molecule has 2 N–H and O–H groups in total. The van der Waals surface area contributed by atoms with Crippen LogP contribution in [0.5, 0.6) is 0 Å². The first-order valence-electron chi connectivity index (χ1n) is 7.98. The van der Waals surface area contributed by atoms with Gasteiger partial charge in [-0.15, -0.1) is 36.2 Å². The Hall–Kier alpha value is -0.360. The lowest BCUT2D eigenvalue weighted by Crippen LogP contribution is -2.43. The number of halogens is 2. The zero-order valence-corrected chi connectivity index (χ0v) is 16.6. The largest absolute Gasteiger partial charge is 0.344 e. The van der Waals surface area contributed by atoms with Gasteiger partial charge in [0.05, 0.1) is 5.54 Å². The fourth-order valence-electron chi connectivity index (χ4n) is 2.78. The molecule has 1 atom stereocenters. The van der Waals surface area contributed by atoms with E-state index in [4.69, 9.17) is 0 Å². The van der Waals surface area contributed by atoms with E-state index < -0.39 is 0 Å². The average Bonchev–Trinajstić information content (AvgIpc) is 2.93. The number of rotatable bonds is 6. The molecule has 0 radical (unpaired) electrons. The Bertz CT molecular complexity index is 478. The minimum Gasteiger partial charge on any atom is -0.344 e. The number of amides is 1. The molecule has 23 heavy (non-hydrogen) atoms. The van der Waals surface area contributed by atoms with Gasteiger partial charge in [0.25, 0.3) is 0 Å². The highest BCUT2D eigenvalue weighted by atomic mass is 35.5. The summed E-state index contributed by atoms with van der Waals surface area (Å²) in [5.41, 5.74) is 0.697. The first-order chi connectivity index (χ1) is 10.0. The van der Waals surface area contributed by atoms with Crippen LogP contribution in [-0.2, 0) is 10.3 Å². The molecule has 1 aliphatic rings. The van der Waals surface area contributed by atoms with Crippen LogP contribution in [0.4, 0.5) is 0 Å². The highest BCUT2D eigenvalue weighted by Gasteiger charge is 2.29. The van der Waals surface area contributed by atoms with Crippen LogP contribution in [0.25, 0.3) is 0 Å². The summed E-state index contributed by atoms with van der Waals surface area (Å²) in [7, 11) is 0. The molecule has 1 fully saturated rings. The number of carbonyl (C=O) groups excluding carboxylic acids is 1. The molecule has 1 aromatic heterocycles. The fourth-order valence-corrected chi connectivity index (χ4v) is 3.76. The Morgan fingerprint density at radius 1 is 1.43 bits per heavy atom. The lowest BCUT2D eigenvalue weighted by atomic mass is 9.92. The molecule has 1 aromatic rings. The van der Waals surface area contributed by atoms with Crippen LogP contribution in [0.2, 0.25) is 0 Å². The van der Waals surface area contributed by atoms with Crippen molar-refractivity contribution in [3.05, 3.63) is 16.1 Å². The standard InChI is InChI=1S/C16H27N3OS.2ClH/c1-4-16(3,15-18-12(2)11-21-15)19-14(20)6-5-13-7-9-17-10-8-13;;/h11,13,17H,4-10H2,1-3H3,(H,19,20);2*1H. The molecule has 1 unspecified atom stereocenters. The Morgan fingerprint density at radius 2 is 2.09 bits per heavy atom. The summed E-state index contributed by atoms with van der Waals surface area (Å²) >= 11 is 1.64. The van der Waals surface area contributed by atoms with E-state index in [1.54, 1.807) is 11.3 Å². The zero-order chi connectivity index (χ0) is 15.3. The van der Waals surface area contributed by atoms with Crippen LogP contribution >= 0.6 is 36.2 Å². The van der Waals surface area contributed by atoms with E-state index in [-0.39, 0.29) is 36.3 Å². The third-order valence-electron chi connectivity index (χ3n) is 4.45. The lowest BCUT2D eigenvalue weighted by molar-refractivity contribution is -0.123. The zero-order valence-electron chi connectivity index (χ0n) is 14.2. The molecule has 134 valence electrons. The van der Waals surface area contributed by atoms with Gasteiger partial charge in [-0.05, 0) is 58.5 Å². The summed E-state index contributed by atoms with van der Waals surface area (Å²) in [4.78, 5) is 16.8. The normalized spacial score (nSPS) is 17.5. The molecule has 0 aliphatic carbocycles. The van der Waals surface area contributed by atoms with Crippen molar-refractivity contribution in [1.29, 1.82) is 0 Å². The van der Waals surface area contributed by atoms with Crippen molar-refractivity contribution >= 4 is 42.1 Å². The van der Waals surface area contributed by atoms with Crippen LogP contribution < -0.4 is 10.6 Å². The number of piperidine rings is 1. The number of aromatic nitrogens is 1. The number of nitrogens with one attached hydrogen (secondary N) is 2. The molecular formula is C16H29Cl2N3OS. The van der Waals surface area contributed by atoms with Crippen LogP contribution in [-0.4, -0.2) is 24.0 Å². The highest BCUT2D eigenvalue weighted by molar-refractivity contribution is 7.09. The van der Waals surface area contributed by atoms with Gasteiger partial charge >= 0.3 is 0 Å². The van der Waals surface area contributed by atoms with Crippen molar-refractivity contribution in [2.24, 2.45) is 5.92 Å². The number of aryl methyl sites for hydroxylation is 1. The van der Waals surface area contributed by atoms with E-state index in [9.17, 15) is 4.79 Å². The van der Waals surface area contributed by atoms with Gasteiger partial charge in [0, 0.05) is 17.5 Å². The van der Waals surface area contributed by atoms with E-state index >= 15 is 0 Å². The smallest absolute Gasteiger partial charge is 0.220 e. The van der Waals surface area contributed by atoms with Gasteiger partial charge in [-0.2, -0.15) is 0 Å².